The highest BCUT2D eigenvalue weighted by atomic mass is 16.2. The van der Waals surface area contributed by atoms with Crippen LogP contribution in [0, 0.1) is 0 Å². The first kappa shape index (κ1) is 17.0. The summed E-state index contributed by atoms with van der Waals surface area (Å²) in [5.41, 5.74) is 1.56. The van der Waals surface area contributed by atoms with Crippen molar-refractivity contribution in [3.63, 3.8) is 0 Å². The first-order valence-electron chi connectivity index (χ1n) is 8.77. The second-order valence-corrected chi connectivity index (χ2v) is 6.44. The summed E-state index contributed by atoms with van der Waals surface area (Å²) in [5, 5.41) is 0. The molecule has 3 aromatic rings. The number of pyridine rings is 1. The van der Waals surface area contributed by atoms with Crippen molar-refractivity contribution >= 4 is 5.91 Å². The van der Waals surface area contributed by atoms with Gasteiger partial charge in [-0.2, -0.15) is 0 Å². The Morgan fingerprint density at radius 2 is 2.00 bits per heavy atom. The molecule has 4 rings (SSSR count). The molecule has 1 aliphatic rings. The van der Waals surface area contributed by atoms with Crippen LogP contribution in [0.25, 0.3) is 11.5 Å². The van der Waals surface area contributed by atoms with Crippen molar-refractivity contribution in [2.24, 2.45) is 0 Å². The van der Waals surface area contributed by atoms with Crippen LogP contribution in [-0.4, -0.2) is 48.8 Å². The maximum absolute atomic E-state index is 12.7. The molecule has 1 saturated heterocycles. The van der Waals surface area contributed by atoms with E-state index in [-0.39, 0.29) is 17.4 Å². The predicted octanol–water partition coefficient (Wildman–Crippen LogP) is 1.64. The van der Waals surface area contributed by atoms with Gasteiger partial charge in [0, 0.05) is 55.4 Å². The molecule has 27 heavy (non-hydrogen) atoms. The molecule has 3 aromatic heterocycles. The maximum Gasteiger partial charge on any atom is 0.253 e. The standard InChI is InChI=1S/C19H18N6O2/c26-17-10-15(23-18(24-17)16-11-21-7-8-22-16)14-2-1-9-25(12-14)19(27)13-3-5-20-6-4-13/h3-8,10-11,14H,1-2,9,12H2,(H,23,24,26). The van der Waals surface area contributed by atoms with Crippen LogP contribution in [0.2, 0.25) is 0 Å². The normalized spacial score (nSPS) is 16.9. The fraction of sp³-hybridized carbons (Fsp3) is 0.263. The van der Waals surface area contributed by atoms with E-state index < -0.39 is 0 Å². The monoisotopic (exact) mass is 362 g/mol. The molecule has 0 bridgehead atoms. The number of amides is 1. The Labute approximate surface area is 155 Å². The molecular formula is C19H18N6O2. The summed E-state index contributed by atoms with van der Waals surface area (Å²) in [6.07, 6.45) is 9.63. The van der Waals surface area contributed by atoms with Gasteiger partial charge in [-0.05, 0) is 25.0 Å². The third kappa shape index (κ3) is 3.74. The van der Waals surface area contributed by atoms with Crippen molar-refractivity contribution in [3.8, 4) is 11.5 Å². The summed E-state index contributed by atoms with van der Waals surface area (Å²) >= 11 is 0. The number of hydrogen-bond donors (Lipinski definition) is 1. The lowest BCUT2D eigenvalue weighted by Crippen LogP contribution is -2.39. The first-order valence-corrected chi connectivity index (χ1v) is 8.77. The number of carbonyl (C=O) groups is 1. The van der Waals surface area contributed by atoms with Crippen molar-refractivity contribution in [1.82, 2.24) is 29.8 Å². The number of likely N-dealkylation sites (tertiary alicyclic amines) is 1. The molecule has 0 radical (unpaired) electrons. The Morgan fingerprint density at radius 1 is 1.15 bits per heavy atom. The van der Waals surface area contributed by atoms with Gasteiger partial charge in [0.25, 0.3) is 11.5 Å². The van der Waals surface area contributed by atoms with Crippen molar-refractivity contribution in [1.29, 1.82) is 0 Å². The van der Waals surface area contributed by atoms with Gasteiger partial charge in [-0.25, -0.2) is 9.97 Å². The average Bonchev–Trinajstić information content (AvgIpc) is 2.74. The number of carbonyl (C=O) groups excluding carboxylic acids is 1. The SMILES string of the molecule is O=C(c1ccncc1)N1CCCC(c2cc(=O)[nH]c(-c3cnccn3)n2)C1. The lowest BCUT2D eigenvalue weighted by Gasteiger charge is -2.32. The third-order valence-corrected chi connectivity index (χ3v) is 4.62. The van der Waals surface area contributed by atoms with Gasteiger partial charge in [0.05, 0.1) is 11.9 Å². The molecule has 4 heterocycles. The number of piperidine rings is 1. The van der Waals surface area contributed by atoms with Crippen LogP contribution in [-0.2, 0) is 0 Å². The quantitative estimate of drug-likeness (QED) is 0.759. The second kappa shape index (κ2) is 7.45. The summed E-state index contributed by atoms with van der Waals surface area (Å²) in [6.45, 7) is 1.22. The van der Waals surface area contributed by atoms with Crippen molar-refractivity contribution in [3.05, 3.63) is 70.8 Å². The zero-order valence-corrected chi connectivity index (χ0v) is 14.6. The smallest absolute Gasteiger partial charge is 0.253 e. The summed E-state index contributed by atoms with van der Waals surface area (Å²) < 4.78 is 0. The zero-order chi connectivity index (χ0) is 18.6. The van der Waals surface area contributed by atoms with Crippen LogP contribution in [0.1, 0.15) is 34.8 Å². The molecule has 1 aliphatic heterocycles. The van der Waals surface area contributed by atoms with E-state index in [0.717, 1.165) is 12.8 Å². The number of rotatable bonds is 3. The van der Waals surface area contributed by atoms with E-state index in [4.69, 9.17) is 0 Å². The highest BCUT2D eigenvalue weighted by Gasteiger charge is 2.27. The number of H-pyrrole nitrogens is 1. The zero-order valence-electron chi connectivity index (χ0n) is 14.6. The molecule has 8 heteroatoms. The van der Waals surface area contributed by atoms with Gasteiger partial charge in [0.2, 0.25) is 0 Å². The van der Waals surface area contributed by atoms with E-state index in [1.54, 1.807) is 43.1 Å². The molecular weight excluding hydrogens is 344 g/mol. The molecule has 1 amide bonds. The van der Waals surface area contributed by atoms with E-state index in [9.17, 15) is 9.59 Å². The van der Waals surface area contributed by atoms with Crippen LogP contribution in [0.4, 0.5) is 0 Å². The molecule has 1 unspecified atom stereocenters. The predicted molar refractivity (Wildman–Crippen MR) is 98.0 cm³/mol. The number of aromatic nitrogens is 5. The molecule has 0 spiro atoms. The highest BCUT2D eigenvalue weighted by molar-refractivity contribution is 5.94. The fourth-order valence-electron chi connectivity index (χ4n) is 3.31. The van der Waals surface area contributed by atoms with Crippen LogP contribution < -0.4 is 5.56 Å². The molecule has 0 aromatic carbocycles. The van der Waals surface area contributed by atoms with E-state index in [2.05, 4.69) is 24.9 Å². The summed E-state index contributed by atoms with van der Waals surface area (Å²) in [7, 11) is 0. The summed E-state index contributed by atoms with van der Waals surface area (Å²) in [6, 6.07) is 4.93. The van der Waals surface area contributed by atoms with Crippen LogP contribution in [0.15, 0.2) is 54.0 Å². The topological polar surface area (TPSA) is 105 Å². The lowest BCUT2D eigenvalue weighted by atomic mass is 9.94. The molecule has 136 valence electrons. The second-order valence-electron chi connectivity index (χ2n) is 6.44. The van der Waals surface area contributed by atoms with Gasteiger partial charge < -0.3 is 9.88 Å². The Morgan fingerprint density at radius 3 is 2.78 bits per heavy atom. The first-order chi connectivity index (χ1) is 13.2. The molecule has 8 nitrogen and oxygen atoms in total. The van der Waals surface area contributed by atoms with Gasteiger partial charge in [-0.15, -0.1) is 0 Å². The Bertz CT molecular complexity index is 990. The van der Waals surface area contributed by atoms with Gasteiger partial charge in [-0.3, -0.25) is 19.6 Å². The minimum absolute atomic E-state index is 0.00209. The number of nitrogens with one attached hydrogen (secondary N) is 1. The van der Waals surface area contributed by atoms with E-state index >= 15 is 0 Å². The molecule has 1 N–H and O–H groups in total. The Hall–Kier alpha value is -3.42. The fourth-order valence-corrected chi connectivity index (χ4v) is 3.31. The highest BCUT2D eigenvalue weighted by Crippen LogP contribution is 2.26. The largest absolute Gasteiger partial charge is 0.338 e. The van der Waals surface area contributed by atoms with Crippen molar-refractivity contribution in [2.45, 2.75) is 18.8 Å². The number of aromatic amines is 1. The molecule has 1 atom stereocenters. The van der Waals surface area contributed by atoms with Gasteiger partial charge in [0.1, 0.15) is 5.69 Å². The lowest BCUT2D eigenvalue weighted by molar-refractivity contribution is 0.0706. The summed E-state index contributed by atoms with van der Waals surface area (Å²) in [4.78, 5) is 46.1. The molecule has 0 saturated carbocycles. The van der Waals surface area contributed by atoms with Gasteiger partial charge in [0.15, 0.2) is 5.82 Å². The van der Waals surface area contributed by atoms with E-state index in [1.807, 2.05) is 4.90 Å². The average molecular weight is 362 g/mol. The Kier molecular flexibility index (Phi) is 4.69. The van der Waals surface area contributed by atoms with Crippen LogP contribution >= 0.6 is 0 Å². The number of nitrogens with zero attached hydrogens (tertiary/aromatic N) is 5. The van der Waals surface area contributed by atoms with Gasteiger partial charge >= 0.3 is 0 Å². The van der Waals surface area contributed by atoms with Gasteiger partial charge in [-0.1, -0.05) is 0 Å². The molecule has 1 fully saturated rings. The maximum atomic E-state index is 12.7. The number of hydrogen-bond acceptors (Lipinski definition) is 6. The van der Waals surface area contributed by atoms with E-state index in [0.29, 0.717) is 35.9 Å². The third-order valence-electron chi connectivity index (χ3n) is 4.62. The minimum atomic E-state index is -0.238. The molecule has 0 aliphatic carbocycles. The van der Waals surface area contributed by atoms with Crippen molar-refractivity contribution in [2.75, 3.05) is 13.1 Å². The summed E-state index contributed by atoms with van der Waals surface area (Å²) in [5.74, 6) is 0.367. The van der Waals surface area contributed by atoms with E-state index in [1.165, 1.54) is 6.07 Å². The van der Waals surface area contributed by atoms with Crippen LogP contribution in [0.5, 0.6) is 0 Å². The van der Waals surface area contributed by atoms with Crippen LogP contribution in [0.3, 0.4) is 0 Å². The van der Waals surface area contributed by atoms with Crippen molar-refractivity contribution < 1.29 is 4.79 Å². The Balaban J connectivity index is 1.59. The minimum Gasteiger partial charge on any atom is -0.338 e.